The first-order chi connectivity index (χ1) is 12.9. The van der Waals surface area contributed by atoms with Gasteiger partial charge in [-0.1, -0.05) is 29.8 Å². The molecule has 8 heteroatoms. The predicted molar refractivity (Wildman–Crippen MR) is 100 cm³/mol. The monoisotopic (exact) mass is 364 g/mol. The third kappa shape index (κ3) is 4.43. The lowest BCUT2D eigenvalue weighted by molar-refractivity contribution is -0.384. The van der Waals surface area contributed by atoms with Crippen molar-refractivity contribution in [2.75, 3.05) is 5.32 Å². The van der Waals surface area contributed by atoms with Crippen molar-refractivity contribution in [1.82, 2.24) is 9.78 Å². The van der Waals surface area contributed by atoms with Gasteiger partial charge in [-0.3, -0.25) is 19.7 Å². The Hall–Kier alpha value is -3.81. The molecular formula is C19H16N4O4. The molecule has 1 N–H and O–H groups in total. The molecule has 3 rings (SSSR count). The molecule has 0 unspecified atom stereocenters. The molecule has 0 spiro atoms. The van der Waals surface area contributed by atoms with Crippen molar-refractivity contribution in [1.29, 1.82) is 0 Å². The van der Waals surface area contributed by atoms with Crippen molar-refractivity contribution < 1.29 is 9.72 Å². The van der Waals surface area contributed by atoms with E-state index in [1.807, 2.05) is 19.1 Å². The third-order valence-electron chi connectivity index (χ3n) is 3.85. The van der Waals surface area contributed by atoms with Crippen molar-refractivity contribution >= 4 is 17.3 Å². The molecule has 0 aliphatic rings. The number of nitro groups is 1. The molecule has 0 bridgehead atoms. The highest BCUT2D eigenvalue weighted by Crippen LogP contribution is 2.21. The van der Waals surface area contributed by atoms with Gasteiger partial charge in [0, 0.05) is 29.4 Å². The molecule has 136 valence electrons. The van der Waals surface area contributed by atoms with Crippen LogP contribution in [0.1, 0.15) is 5.56 Å². The number of hydrogen-bond acceptors (Lipinski definition) is 5. The number of benzene rings is 2. The Bertz CT molecular complexity index is 1060. The van der Waals surface area contributed by atoms with Crippen LogP contribution in [0.15, 0.2) is 65.5 Å². The van der Waals surface area contributed by atoms with E-state index in [0.29, 0.717) is 16.9 Å². The van der Waals surface area contributed by atoms with Crippen LogP contribution < -0.4 is 10.9 Å². The van der Waals surface area contributed by atoms with Crippen LogP contribution in [0.3, 0.4) is 0 Å². The van der Waals surface area contributed by atoms with Gasteiger partial charge in [0.05, 0.1) is 10.6 Å². The van der Waals surface area contributed by atoms with E-state index in [-0.39, 0.29) is 12.2 Å². The van der Waals surface area contributed by atoms with Gasteiger partial charge in [-0.2, -0.15) is 5.10 Å². The Balaban J connectivity index is 1.82. The lowest BCUT2D eigenvalue weighted by atomic mass is 10.1. The first-order valence-electron chi connectivity index (χ1n) is 8.12. The van der Waals surface area contributed by atoms with E-state index in [0.717, 1.165) is 10.2 Å². The molecule has 0 atom stereocenters. The van der Waals surface area contributed by atoms with Crippen LogP contribution in [-0.4, -0.2) is 20.6 Å². The van der Waals surface area contributed by atoms with E-state index in [2.05, 4.69) is 10.4 Å². The zero-order chi connectivity index (χ0) is 19.4. The first-order valence-corrected chi connectivity index (χ1v) is 8.12. The zero-order valence-electron chi connectivity index (χ0n) is 14.5. The second kappa shape index (κ2) is 7.61. The number of anilines is 1. The summed E-state index contributed by atoms with van der Waals surface area (Å²) in [6.07, 6.45) is 0. The van der Waals surface area contributed by atoms with Crippen LogP contribution in [0.2, 0.25) is 0 Å². The van der Waals surface area contributed by atoms with Gasteiger partial charge in [0.2, 0.25) is 5.91 Å². The lowest BCUT2D eigenvalue weighted by Crippen LogP contribution is -2.29. The van der Waals surface area contributed by atoms with Crippen LogP contribution in [0.25, 0.3) is 11.3 Å². The largest absolute Gasteiger partial charge is 0.324 e. The molecule has 1 heterocycles. The standard InChI is InChI=1S/C19H16N4O4/c1-13-5-7-15(8-6-13)20-18(24)12-22-19(25)10-9-17(21-22)14-3-2-4-16(11-14)23(26)27/h2-11H,12H2,1H3,(H,20,24). The molecule has 0 aliphatic heterocycles. The summed E-state index contributed by atoms with van der Waals surface area (Å²) in [7, 11) is 0. The molecule has 0 aliphatic carbocycles. The van der Waals surface area contributed by atoms with Crippen molar-refractivity contribution in [3.63, 3.8) is 0 Å². The number of nitrogens with one attached hydrogen (secondary N) is 1. The Labute approximate surface area is 154 Å². The highest BCUT2D eigenvalue weighted by atomic mass is 16.6. The molecule has 0 fully saturated rings. The quantitative estimate of drug-likeness (QED) is 0.553. The van der Waals surface area contributed by atoms with Gasteiger partial charge in [0.25, 0.3) is 11.2 Å². The molecule has 27 heavy (non-hydrogen) atoms. The Morgan fingerprint density at radius 2 is 1.89 bits per heavy atom. The molecule has 0 radical (unpaired) electrons. The van der Waals surface area contributed by atoms with Gasteiger partial charge >= 0.3 is 0 Å². The predicted octanol–water partition coefficient (Wildman–Crippen LogP) is 2.77. The van der Waals surface area contributed by atoms with E-state index >= 15 is 0 Å². The minimum atomic E-state index is -0.505. The first kappa shape index (κ1) is 18.0. The van der Waals surface area contributed by atoms with Crippen LogP contribution in [0, 0.1) is 17.0 Å². The van der Waals surface area contributed by atoms with Crippen LogP contribution in [0.4, 0.5) is 11.4 Å². The summed E-state index contributed by atoms with van der Waals surface area (Å²) >= 11 is 0. The summed E-state index contributed by atoms with van der Waals surface area (Å²) in [6.45, 7) is 1.67. The number of amides is 1. The van der Waals surface area contributed by atoms with Gasteiger partial charge in [-0.25, -0.2) is 4.68 Å². The number of hydrogen-bond donors (Lipinski definition) is 1. The summed E-state index contributed by atoms with van der Waals surface area (Å²) in [5.74, 6) is -0.398. The van der Waals surface area contributed by atoms with Crippen molar-refractivity contribution in [2.45, 2.75) is 13.5 Å². The number of nitro benzene ring substituents is 1. The summed E-state index contributed by atoms with van der Waals surface area (Å²) in [5, 5.41) is 17.8. The van der Waals surface area contributed by atoms with Gasteiger partial charge < -0.3 is 5.32 Å². The summed E-state index contributed by atoms with van der Waals surface area (Å²) in [5.41, 5.74) is 2.01. The van der Waals surface area contributed by atoms with Crippen LogP contribution in [-0.2, 0) is 11.3 Å². The summed E-state index contributed by atoms with van der Waals surface area (Å²) in [6, 6.07) is 15.9. The Morgan fingerprint density at radius 1 is 1.15 bits per heavy atom. The van der Waals surface area contributed by atoms with Crippen LogP contribution >= 0.6 is 0 Å². The van der Waals surface area contributed by atoms with Gasteiger partial charge in [0.1, 0.15) is 6.54 Å². The topological polar surface area (TPSA) is 107 Å². The Morgan fingerprint density at radius 3 is 2.59 bits per heavy atom. The maximum Gasteiger partial charge on any atom is 0.270 e. The van der Waals surface area contributed by atoms with Crippen molar-refractivity contribution in [2.24, 2.45) is 0 Å². The SMILES string of the molecule is Cc1ccc(NC(=O)Cn2nc(-c3cccc([N+](=O)[O-])c3)ccc2=O)cc1. The molecule has 1 aromatic heterocycles. The van der Waals surface area contributed by atoms with E-state index in [9.17, 15) is 19.7 Å². The van der Waals surface area contributed by atoms with Crippen molar-refractivity contribution in [3.05, 3.63) is 86.7 Å². The molecule has 8 nitrogen and oxygen atoms in total. The number of nitrogens with zero attached hydrogens (tertiary/aromatic N) is 3. The molecule has 1 amide bonds. The maximum atomic E-state index is 12.2. The van der Waals surface area contributed by atoms with E-state index in [4.69, 9.17) is 0 Å². The number of carbonyl (C=O) groups is 1. The molecule has 0 saturated carbocycles. The van der Waals surface area contributed by atoms with Gasteiger partial charge in [0.15, 0.2) is 0 Å². The second-order valence-electron chi connectivity index (χ2n) is 5.94. The fraction of sp³-hybridized carbons (Fsp3) is 0.105. The normalized spacial score (nSPS) is 10.4. The van der Waals surface area contributed by atoms with E-state index in [1.165, 1.54) is 30.3 Å². The lowest BCUT2D eigenvalue weighted by Gasteiger charge is -2.08. The van der Waals surface area contributed by atoms with Gasteiger partial charge in [-0.15, -0.1) is 0 Å². The number of aromatic nitrogens is 2. The maximum absolute atomic E-state index is 12.2. The smallest absolute Gasteiger partial charge is 0.270 e. The number of carbonyl (C=O) groups excluding carboxylic acids is 1. The minimum absolute atomic E-state index is 0.0795. The highest BCUT2D eigenvalue weighted by molar-refractivity contribution is 5.90. The molecule has 0 saturated heterocycles. The fourth-order valence-corrected chi connectivity index (χ4v) is 2.47. The number of non-ortho nitro benzene ring substituents is 1. The average molecular weight is 364 g/mol. The number of rotatable bonds is 5. The fourth-order valence-electron chi connectivity index (χ4n) is 2.47. The molecule has 2 aromatic carbocycles. The second-order valence-corrected chi connectivity index (χ2v) is 5.94. The minimum Gasteiger partial charge on any atom is -0.324 e. The van der Waals surface area contributed by atoms with Crippen LogP contribution in [0.5, 0.6) is 0 Å². The summed E-state index contributed by atoms with van der Waals surface area (Å²) in [4.78, 5) is 34.7. The van der Waals surface area contributed by atoms with E-state index in [1.54, 1.807) is 18.2 Å². The summed E-state index contributed by atoms with van der Waals surface area (Å²) < 4.78 is 1.03. The number of aryl methyl sites for hydroxylation is 1. The van der Waals surface area contributed by atoms with E-state index < -0.39 is 16.4 Å². The van der Waals surface area contributed by atoms with Gasteiger partial charge in [-0.05, 0) is 25.1 Å². The highest BCUT2D eigenvalue weighted by Gasteiger charge is 2.11. The Kier molecular flexibility index (Phi) is 5.07. The third-order valence-corrected chi connectivity index (χ3v) is 3.85. The average Bonchev–Trinajstić information content (AvgIpc) is 2.65. The van der Waals surface area contributed by atoms with Crippen molar-refractivity contribution in [3.8, 4) is 11.3 Å². The zero-order valence-corrected chi connectivity index (χ0v) is 14.5. The molecular weight excluding hydrogens is 348 g/mol. The molecule has 3 aromatic rings.